The number of methoxy groups -OCH3 is 1. The van der Waals surface area contributed by atoms with Gasteiger partial charge in [-0.1, -0.05) is 24.3 Å². The van der Waals surface area contributed by atoms with Crippen LogP contribution in [0.2, 0.25) is 0 Å². The van der Waals surface area contributed by atoms with E-state index in [0.29, 0.717) is 13.2 Å². The first-order valence-electron chi connectivity index (χ1n) is 9.63. The van der Waals surface area contributed by atoms with E-state index in [0.717, 1.165) is 39.4 Å². The van der Waals surface area contributed by atoms with Crippen molar-refractivity contribution < 1.29 is 13.9 Å². The summed E-state index contributed by atoms with van der Waals surface area (Å²) in [5.74, 6) is 2.36. The van der Waals surface area contributed by atoms with Gasteiger partial charge in [-0.25, -0.2) is 0 Å². The van der Waals surface area contributed by atoms with Crippen molar-refractivity contribution in [3.63, 3.8) is 0 Å². The van der Waals surface area contributed by atoms with E-state index in [-0.39, 0.29) is 6.04 Å². The van der Waals surface area contributed by atoms with E-state index in [1.165, 1.54) is 0 Å². The Labute approximate surface area is 170 Å². The van der Waals surface area contributed by atoms with Crippen molar-refractivity contribution in [1.29, 1.82) is 0 Å². The van der Waals surface area contributed by atoms with Crippen LogP contribution in [-0.4, -0.2) is 12.1 Å². The minimum Gasteiger partial charge on any atom is -0.493 e. The molecule has 0 aliphatic rings. The summed E-state index contributed by atoms with van der Waals surface area (Å²) < 4.78 is 17.4. The Bertz CT molecular complexity index is 1040. The van der Waals surface area contributed by atoms with E-state index in [4.69, 9.17) is 13.9 Å². The van der Waals surface area contributed by atoms with Crippen molar-refractivity contribution >= 4 is 11.0 Å². The van der Waals surface area contributed by atoms with E-state index in [1.54, 1.807) is 19.5 Å². The standard InChI is InChI=1S/C24H24N2O3/c1-17(23-14-20-5-3-4-6-21(20)29-23)26-15-19-7-8-22(24(13-19)27-2)28-16-18-9-11-25-12-10-18/h3-14,17,26H,15-16H2,1-2H3/t17-/m1/s1. The average Bonchev–Trinajstić information content (AvgIpc) is 3.21. The summed E-state index contributed by atoms with van der Waals surface area (Å²) in [7, 11) is 1.66. The number of nitrogens with zero attached hydrogens (tertiary/aromatic N) is 1. The fraction of sp³-hybridized carbons (Fsp3) is 0.208. The van der Waals surface area contributed by atoms with Gasteiger partial charge in [0.15, 0.2) is 11.5 Å². The first kappa shape index (κ1) is 19.0. The van der Waals surface area contributed by atoms with E-state index in [9.17, 15) is 0 Å². The van der Waals surface area contributed by atoms with E-state index in [1.807, 2.05) is 48.5 Å². The first-order chi connectivity index (χ1) is 14.2. The molecule has 29 heavy (non-hydrogen) atoms. The highest BCUT2D eigenvalue weighted by molar-refractivity contribution is 5.77. The average molecular weight is 388 g/mol. The van der Waals surface area contributed by atoms with Gasteiger partial charge in [-0.15, -0.1) is 0 Å². The molecular weight excluding hydrogens is 364 g/mol. The van der Waals surface area contributed by atoms with Gasteiger partial charge in [0.05, 0.1) is 13.2 Å². The molecule has 0 saturated carbocycles. The second kappa shape index (κ2) is 8.80. The van der Waals surface area contributed by atoms with Crippen LogP contribution in [0, 0.1) is 0 Å². The molecule has 148 valence electrons. The zero-order chi connectivity index (χ0) is 20.1. The zero-order valence-electron chi connectivity index (χ0n) is 16.6. The Hall–Kier alpha value is -3.31. The molecule has 4 aromatic rings. The normalized spacial score (nSPS) is 12.1. The van der Waals surface area contributed by atoms with E-state index < -0.39 is 0 Å². The molecule has 0 unspecified atom stereocenters. The van der Waals surface area contributed by atoms with Gasteiger partial charge in [-0.05, 0) is 54.4 Å². The minimum absolute atomic E-state index is 0.0935. The van der Waals surface area contributed by atoms with E-state index in [2.05, 4.69) is 29.4 Å². The number of rotatable bonds is 8. The molecule has 5 heteroatoms. The van der Waals surface area contributed by atoms with Gasteiger partial charge in [0, 0.05) is 24.3 Å². The Balaban J connectivity index is 1.39. The van der Waals surface area contributed by atoms with Crippen molar-refractivity contribution in [3.05, 3.63) is 89.9 Å². The molecule has 0 aliphatic carbocycles. The number of aromatic nitrogens is 1. The molecule has 0 spiro atoms. The molecule has 0 aliphatic heterocycles. The monoisotopic (exact) mass is 388 g/mol. The zero-order valence-corrected chi connectivity index (χ0v) is 16.6. The lowest BCUT2D eigenvalue weighted by atomic mass is 10.1. The summed E-state index contributed by atoms with van der Waals surface area (Å²) in [6, 6.07) is 20.1. The maximum absolute atomic E-state index is 5.94. The van der Waals surface area contributed by atoms with Crippen LogP contribution in [0.15, 0.2) is 77.5 Å². The van der Waals surface area contributed by atoms with Crippen LogP contribution >= 0.6 is 0 Å². The first-order valence-corrected chi connectivity index (χ1v) is 9.63. The van der Waals surface area contributed by atoms with Gasteiger partial charge in [-0.2, -0.15) is 0 Å². The van der Waals surface area contributed by atoms with Crippen molar-refractivity contribution in [2.45, 2.75) is 26.1 Å². The number of hydrogen-bond donors (Lipinski definition) is 1. The fourth-order valence-corrected chi connectivity index (χ4v) is 3.17. The molecule has 2 aromatic heterocycles. The molecule has 2 heterocycles. The van der Waals surface area contributed by atoms with Gasteiger partial charge in [-0.3, -0.25) is 4.98 Å². The molecule has 0 radical (unpaired) electrons. The largest absolute Gasteiger partial charge is 0.493 e. The third kappa shape index (κ3) is 4.58. The lowest BCUT2D eigenvalue weighted by molar-refractivity contribution is 0.284. The summed E-state index contributed by atoms with van der Waals surface area (Å²) in [4.78, 5) is 4.02. The highest BCUT2D eigenvalue weighted by atomic mass is 16.5. The summed E-state index contributed by atoms with van der Waals surface area (Å²) in [6.07, 6.45) is 3.52. The molecule has 1 atom stereocenters. The summed E-state index contributed by atoms with van der Waals surface area (Å²) in [6.45, 7) is 3.26. The maximum Gasteiger partial charge on any atom is 0.161 e. The number of ether oxygens (including phenoxy) is 2. The molecule has 0 amide bonds. The van der Waals surface area contributed by atoms with E-state index >= 15 is 0 Å². The van der Waals surface area contributed by atoms with Crippen LogP contribution in [-0.2, 0) is 13.2 Å². The van der Waals surface area contributed by atoms with Gasteiger partial charge in [0.25, 0.3) is 0 Å². The number of fused-ring (bicyclic) bond motifs is 1. The van der Waals surface area contributed by atoms with Crippen molar-refractivity contribution in [2.24, 2.45) is 0 Å². The number of hydrogen-bond acceptors (Lipinski definition) is 5. The van der Waals surface area contributed by atoms with Crippen molar-refractivity contribution in [2.75, 3.05) is 7.11 Å². The van der Waals surface area contributed by atoms with Crippen LogP contribution in [0.25, 0.3) is 11.0 Å². The molecule has 2 aromatic carbocycles. The Morgan fingerprint density at radius 3 is 2.59 bits per heavy atom. The molecule has 0 saturated heterocycles. The van der Waals surface area contributed by atoms with Crippen LogP contribution in [0.4, 0.5) is 0 Å². The number of furan rings is 1. The summed E-state index contributed by atoms with van der Waals surface area (Å²) >= 11 is 0. The predicted octanol–water partition coefficient (Wildman–Crippen LogP) is 5.27. The topological polar surface area (TPSA) is 56.5 Å². The van der Waals surface area contributed by atoms with Crippen LogP contribution in [0.1, 0.15) is 29.9 Å². The lowest BCUT2D eigenvalue weighted by Crippen LogP contribution is -2.17. The smallest absolute Gasteiger partial charge is 0.161 e. The summed E-state index contributed by atoms with van der Waals surface area (Å²) in [5, 5.41) is 4.63. The third-order valence-electron chi connectivity index (χ3n) is 4.86. The van der Waals surface area contributed by atoms with Crippen molar-refractivity contribution in [3.8, 4) is 11.5 Å². The summed E-state index contributed by atoms with van der Waals surface area (Å²) in [5.41, 5.74) is 3.09. The Kier molecular flexibility index (Phi) is 5.77. The predicted molar refractivity (Wildman–Crippen MR) is 113 cm³/mol. The third-order valence-corrected chi connectivity index (χ3v) is 4.86. The number of nitrogens with one attached hydrogen (secondary N) is 1. The molecule has 0 fully saturated rings. The van der Waals surface area contributed by atoms with Gasteiger partial charge >= 0.3 is 0 Å². The highest BCUT2D eigenvalue weighted by Gasteiger charge is 2.12. The molecule has 4 rings (SSSR count). The van der Waals surface area contributed by atoms with Crippen LogP contribution < -0.4 is 14.8 Å². The van der Waals surface area contributed by atoms with Gasteiger partial charge < -0.3 is 19.2 Å². The Morgan fingerprint density at radius 2 is 1.79 bits per heavy atom. The highest BCUT2D eigenvalue weighted by Crippen LogP contribution is 2.29. The molecule has 0 bridgehead atoms. The van der Waals surface area contributed by atoms with Crippen LogP contribution in [0.5, 0.6) is 11.5 Å². The molecule has 5 nitrogen and oxygen atoms in total. The van der Waals surface area contributed by atoms with Gasteiger partial charge in [0.2, 0.25) is 0 Å². The SMILES string of the molecule is COc1cc(CN[C@H](C)c2cc3ccccc3o2)ccc1OCc1ccncc1. The quantitative estimate of drug-likeness (QED) is 0.446. The lowest BCUT2D eigenvalue weighted by Gasteiger charge is -2.14. The van der Waals surface area contributed by atoms with Crippen LogP contribution in [0.3, 0.4) is 0 Å². The fourth-order valence-electron chi connectivity index (χ4n) is 3.17. The van der Waals surface area contributed by atoms with Crippen molar-refractivity contribution in [1.82, 2.24) is 10.3 Å². The number of benzene rings is 2. The second-order valence-electron chi connectivity index (χ2n) is 6.92. The Morgan fingerprint density at radius 1 is 0.966 bits per heavy atom. The molecular formula is C24H24N2O3. The molecule has 1 N–H and O–H groups in total. The number of para-hydroxylation sites is 1. The number of pyridine rings is 1. The minimum atomic E-state index is 0.0935. The van der Waals surface area contributed by atoms with Gasteiger partial charge in [0.1, 0.15) is 18.0 Å². The maximum atomic E-state index is 5.94. The second-order valence-corrected chi connectivity index (χ2v) is 6.92.